The minimum Gasteiger partial charge on any atom is -0.333 e. The minimum atomic E-state index is 0.192. The number of piperazine rings is 1. The third-order valence-corrected chi connectivity index (χ3v) is 2.76. The summed E-state index contributed by atoms with van der Waals surface area (Å²) in [6, 6.07) is 10.4. The average Bonchev–Trinajstić information content (AvgIpc) is 2.25. The molecule has 1 aromatic carbocycles. The summed E-state index contributed by atoms with van der Waals surface area (Å²) in [7, 11) is 0. The standard InChI is InChI=1S/C12H16N2O/c1-10-7-13-8-12(15)14(10)9-11-5-3-2-4-6-11/h2-6,10,13H,7-9H2,1H3. The van der Waals surface area contributed by atoms with E-state index in [9.17, 15) is 4.79 Å². The minimum absolute atomic E-state index is 0.192. The van der Waals surface area contributed by atoms with Gasteiger partial charge in [-0.3, -0.25) is 4.79 Å². The van der Waals surface area contributed by atoms with Crippen LogP contribution in [0.4, 0.5) is 0 Å². The van der Waals surface area contributed by atoms with Crippen molar-refractivity contribution in [1.82, 2.24) is 10.2 Å². The molecule has 0 spiro atoms. The van der Waals surface area contributed by atoms with E-state index in [4.69, 9.17) is 0 Å². The number of nitrogens with one attached hydrogen (secondary N) is 1. The molecule has 1 aliphatic heterocycles. The summed E-state index contributed by atoms with van der Waals surface area (Å²) in [6.45, 7) is 4.16. The molecule has 0 saturated carbocycles. The van der Waals surface area contributed by atoms with Crippen molar-refractivity contribution in [2.24, 2.45) is 0 Å². The lowest BCUT2D eigenvalue weighted by molar-refractivity contribution is -0.135. The molecule has 1 saturated heterocycles. The van der Waals surface area contributed by atoms with Crippen molar-refractivity contribution < 1.29 is 4.79 Å². The van der Waals surface area contributed by atoms with Crippen LogP contribution in [-0.2, 0) is 11.3 Å². The highest BCUT2D eigenvalue weighted by atomic mass is 16.2. The van der Waals surface area contributed by atoms with Crippen molar-refractivity contribution in [3.05, 3.63) is 35.9 Å². The van der Waals surface area contributed by atoms with Gasteiger partial charge in [-0.1, -0.05) is 30.3 Å². The molecule has 0 bridgehead atoms. The van der Waals surface area contributed by atoms with Gasteiger partial charge in [-0.05, 0) is 12.5 Å². The second-order valence-corrected chi connectivity index (χ2v) is 3.99. The number of rotatable bonds is 2. The van der Waals surface area contributed by atoms with Crippen LogP contribution < -0.4 is 5.32 Å². The Labute approximate surface area is 90.1 Å². The highest BCUT2D eigenvalue weighted by Crippen LogP contribution is 2.10. The van der Waals surface area contributed by atoms with Crippen LogP contribution in [0.25, 0.3) is 0 Å². The van der Waals surface area contributed by atoms with E-state index in [1.165, 1.54) is 5.56 Å². The van der Waals surface area contributed by atoms with E-state index >= 15 is 0 Å². The second-order valence-electron chi connectivity index (χ2n) is 3.99. The lowest BCUT2D eigenvalue weighted by Gasteiger charge is -2.33. The molecule has 0 aliphatic carbocycles. The lowest BCUT2D eigenvalue weighted by atomic mass is 10.1. The molecular formula is C12H16N2O. The molecule has 15 heavy (non-hydrogen) atoms. The topological polar surface area (TPSA) is 32.3 Å². The maximum atomic E-state index is 11.7. The Bertz CT molecular complexity index is 337. The number of nitrogens with zero attached hydrogens (tertiary/aromatic N) is 1. The largest absolute Gasteiger partial charge is 0.333 e. The van der Waals surface area contributed by atoms with E-state index in [-0.39, 0.29) is 11.9 Å². The van der Waals surface area contributed by atoms with E-state index in [0.717, 1.165) is 13.1 Å². The quantitative estimate of drug-likeness (QED) is 0.779. The van der Waals surface area contributed by atoms with Crippen molar-refractivity contribution in [2.75, 3.05) is 13.1 Å². The van der Waals surface area contributed by atoms with Gasteiger partial charge in [0.25, 0.3) is 0 Å². The third-order valence-electron chi connectivity index (χ3n) is 2.76. The number of carbonyl (C=O) groups is 1. The molecule has 3 heteroatoms. The Morgan fingerprint density at radius 1 is 1.40 bits per heavy atom. The molecule has 1 unspecified atom stereocenters. The van der Waals surface area contributed by atoms with Gasteiger partial charge in [0, 0.05) is 19.1 Å². The Hall–Kier alpha value is -1.35. The summed E-state index contributed by atoms with van der Waals surface area (Å²) >= 11 is 0. The summed E-state index contributed by atoms with van der Waals surface area (Å²) in [4.78, 5) is 13.6. The normalized spacial score (nSPS) is 21.8. The lowest BCUT2D eigenvalue weighted by Crippen LogP contribution is -2.52. The van der Waals surface area contributed by atoms with E-state index in [1.54, 1.807) is 0 Å². The number of hydrogen-bond donors (Lipinski definition) is 1. The summed E-state index contributed by atoms with van der Waals surface area (Å²) in [6.07, 6.45) is 0. The zero-order chi connectivity index (χ0) is 10.7. The molecular weight excluding hydrogens is 188 g/mol. The van der Waals surface area contributed by atoms with Crippen LogP contribution in [0.3, 0.4) is 0 Å². The molecule has 0 radical (unpaired) electrons. The van der Waals surface area contributed by atoms with Gasteiger partial charge >= 0.3 is 0 Å². The summed E-state index contributed by atoms with van der Waals surface area (Å²) in [5.41, 5.74) is 1.19. The van der Waals surface area contributed by atoms with E-state index in [0.29, 0.717) is 6.54 Å². The van der Waals surface area contributed by atoms with E-state index in [2.05, 4.69) is 24.4 Å². The Morgan fingerprint density at radius 3 is 2.80 bits per heavy atom. The number of hydrogen-bond acceptors (Lipinski definition) is 2. The van der Waals surface area contributed by atoms with Gasteiger partial charge in [-0.25, -0.2) is 0 Å². The Kier molecular flexibility index (Phi) is 3.02. The van der Waals surface area contributed by atoms with Crippen LogP contribution in [0.15, 0.2) is 30.3 Å². The van der Waals surface area contributed by atoms with Crippen molar-refractivity contribution in [2.45, 2.75) is 19.5 Å². The summed E-state index contributed by atoms with van der Waals surface area (Å²) < 4.78 is 0. The fraction of sp³-hybridized carbons (Fsp3) is 0.417. The maximum absolute atomic E-state index is 11.7. The van der Waals surface area contributed by atoms with Crippen LogP contribution >= 0.6 is 0 Å². The van der Waals surface area contributed by atoms with Crippen molar-refractivity contribution in [3.8, 4) is 0 Å². The van der Waals surface area contributed by atoms with Crippen LogP contribution in [-0.4, -0.2) is 29.9 Å². The number of carbonyl (C=O) groups excluding carboxylic acids is 1. The van der Waals surface area contributed by atoms with Crippen LogP contribution in [0.2, 0.25) is 0 Å². The fourth-order valence-corrected chi connectivity index (χ4v) is 1.87. The van der Waals surface area contributed by atoms with Gasteiger partial charge in [0.05, 0.1) is 6.54 Å². The third kappa shape index (κ3) is 2.36. The average molecular weight is 204 g/mol. The van der Waals surface area contributed by atoms with Crippen LogP contribution in [0, 0.1) is 0 Å². The molecule has 2 rings (SSSR count). The smallest absolute Gasteiger partial charge is 0.237 e. The highest BCUT2D eigenvalue weighted by molar-refractivity contribution is 5.79. The predicted octanol–water partition coefficient (Wildman–Crippen LogP) is 1.01. The Morgan fingerprint density at radius 2 is 2.13 bits per heavy atom. The van der Waals surface area contributed by atoms with Crippen LogP contribution in [0.5, 0.6) is 0 Å². The van der Waals surface area contributed by atoms with Gasteiger partial charge in [0.15, 0.2) is 0 Å². The van der Waals surface area contributed by atoms with Crippen molar-refractivity contribution in [1.29, 1.82) is 0 Å². The van der Waals surface area contributed by atoms with E-state index < -0.39 is 0 Å². The molecule has 1 aromatic rings. The summed E-state index contributed by atoms with van der Waals surface area (Å²) in [5, 5.41) is 3.11. The molecule has 1 aliphatic rings. The molecule has 80 valence electrons. The van der Waals surface area contributed by atoms with Crippen LogP contribution in [0.1, 0.15) is 12.5 Å². The summed E-state index contributed by atoms with van der Waals surface area (Å²) in [5.74, 6) is 0.192. The molecule has 0 aromatic heterocycles. The monoisotopic (exact) mass is 204 g/mol. The number of benzene rings is 1. The first-order chi connectivity index (χ1) is 7.27. The van der Waals surface area contributed by atoms with Crippen molar-refractivity contribution >= 4 is 5.91 Å². The molecule has 1 fully saturated rings. The van der Waals surface area contributed by atoms with Gasteiger partial charge in [-0.2, -0.15) is 0 Å². The molecule has 1 atom stereocenters. The second kappa shape index (κ2) is 4.45. The number of amides is 1. The SMILES string of the molecule is CC1CNCC(=O)N1Cc1ccccc1. The van der Waals surface area contributed by atoms with Gasteiger partial charge in [0.2, 0.25) is 5.91 Å². The first-order valence-electron chi connectivity index (χ1n) is 5.31. The highest BCUT2D eigenvalue weighted by Gasteiger charge is 2.23. The van der Waals surface area contributed by atoms with Gasteiger partial charge in [0.1, 0.15) is 0 Å². The van der Waals surface area contributed by atoms with Gasteiger partial charge < -0.3 is 10.2 Å². The predicted molar refractivity (Wildman–Crippen MR) is 59.3 cm³/mol. The fourth-order valence-electron chi connectivity index (χ4n) is 1.87. The van der Waals surface area contributed by atoms with E-state index in [1.807, 2.05) is 23.1 Å². The Balaban J connectivity index is 2.07. The molecule has 1 heterocycles. The molecule has 3 nitrogen and oxygen atoms in total. The van der Waals surface area contributed by atoms with Crippen molar-refractivity contribution in [3.63, 3.8) is 0 Å². The maximum Gasteiger partial charge on any atom is 0.237 e. The zero-order valence-corrected chi connectivity index (χ0v) is 8.94. The first kappa shape index (κ1) is 10.2. The molecule has 1 amide bonds. The van der Waals surface area contributed by atoms with Gasteiger partial charge in [-0.15, -0.1) is 0 Å². The first-order valence-corrected chi connectivity index (χ1v) is 5.31. The molecule has 1 N–H and O–H groups in total. The zero-order valence-electron chi connectivity index (χ0n) is 8.94.